The van der Waals surface area contributed by atoms with Crippen LogP contribution in [0.15, 0.2) is 21.4 Å². The average Bonchev–Trinajstić information content (AvgIpc) is 2.74. The summed E-state index contributed by atoms with van der Waals surface area (Å²) in [5, 5.41) is 0. The van der Waals surface area contributed by atoms with Gasteiger partial charge in [0.15, 0.2) is 4.67 Å². The number of amides is 1. The normalized spacial score (nSPS) is 19.4. The number of alkyl halides is 1. The van der Waals surface area contributed by atoms with Crippen molar-refractivity contribution in [3.63, 3.8) is 0 Å². The van der Waals surface area contributed by atoms with Crippen molar-refractivity contribution in [3.8, 4) is 0 Å². The molecule has 3 nitrogen and oxygen atoms in total. The zero-order chi connectivity index (χ0) is 12.4. The van der Waals surface area contributed by atoms with E-state index in [1.54, 1.807) is 6.07 Å². The molecule has 0 aromatic carbocycles. The van der Waals surface area contributed by atoms with Crippen LogP contribution in [0.3, 0.4) is 0 Å². The molecule has 0 bridgehead atoms. The number of nitrogens with zero attached hydrogens (tertiary/aromatic N) is 1. The molecule has 1 atom stereocenters. The van der Waals surface area contributed by atoms with E-state index in [4.69, 9.17) is 4.42 Å². The van der Waals surface area contributed by atoms with E-state index in [1.807, 2.05) is 4.90 Å². The number of likely N-dealkylation sites (tertiary alicyclic amines) is 1. The van der Waals surface area contributed by atoms with Gasteiger partial charge in [0.05, 0.1) is 11.8 Å². The highest BCUT2D eigenvalue weighted by atomic mass is 79.9. The molecular weight excluding hydrogens is 350 g/mol. The summed E-state index contributed by atoms with van der Waals surface area (Å²) in [5.41, 5.74) is 0.621. The molecular formula is C12H15Br2NO2. The lowest BCUT2D eigenvalue weighted by Gasteiger charge is -2.33. The average molecular weight is 365 g/mol. The van der Waals surface area contributed by atoms with E-state index in [0.29, 0.717) is 21.0 Å². The predicted octanol–water partition coefficient (Wildman–Crippen LogP) is 3.68. The minimum atomic E-state index is 0.0614. The molecule has 0 N–H and O–H groups in total. The van der Waals surface area contributed by atoms with Gasteiger partial charge >= 0.3 is 0 Å². The molecule has 0 saturated carbocycles. The van der Waals surface area contributed by atoms with Crippen molar-refractivity contribution in [3.05, 3.63) is 22.6 Å². The van der Waals surface area contributed by atoms with Gasteiger partial charge in [-0.15, -0.1) is 0 Å². The third-order valence-electron chi connectivity index (χ3n) is 3.32. The van der Waals surface area contributed by atoms with Gasteiger partial charge < -0.3 is 9.32 Å². The number of hydrogen-bond acceptors (Lipinski definition) is 2. The molecule has 1 aliphatic rings. The largest absolute Gasteiger partial charge is 0.457 e. The Morgan fingerprint density at radius 2 is 2.18 bits per heavy atom. The van der Waals surface area contributed by atoms with E-state index in [0.717, 1.165) is 25.9 Å². The first kappa shape index (κ1) is 13.1. The molecule has 17 heavy (non-hydrogen) atoms. The maximum atomic E-state index is 12.2. The van der Waals surface area contributed by atoms with Gasteiger partial charge in [0.2, 0.25) is 0 Å². The quantitative estimate of drug-likeness (QED) is 0.750. The van der Waals surface area contributed by atoms with E-state index in [9.17, 15) is 4.79 Å². The maximum absolute atomic E-state index is 12.2. The Balaban J connectivity index is 1.98. The van der Waals surface area contributed by atoms with E-state index < -0.39 is 0 Å². The monoisotopic (exact) mass is 363 g/mol. The Kier molecular flexibility index (Phi) is 4.31. The lowest BCUT2D eigenvalue weighted by atomic mass is 9.94. The van der Waals surface area contributed by atoms with Crippen molar-refractivity contribution in [1.29, 1.82) is 0 Å². The Morgan fingerprint density at radius 3 is 2.65 bits per heavy atom. The Bertz CT molecular complexity index is 395. The second-order valence-electron chi connectivity index (χ2n) is 4.42. The van der Waals surface area contributed by atoms with Crippen LogP contribution in [0.1, 0.15) is 30.1 Å². The highest BCUT2D eigenvalue weighted by molar-refractivity contribution is 9.10. The first-order chi connectivity index (χ1) is 8.09. The standard InChI is InChI=1S/C12H15Br2NO2/c1-8(13)9-2-5-15(6-3-9)12(16)10-4-7-17-11(10)14/h4,7-9H,2-3,5-6H2,1H3. The van der Waals surface area contributed by atoms with Crippen LogP contribution in [0.4, 0.5) is 0 Å². The fourth-order valence-electron chi connectivity index (χ4n) is 2.18. The number of carbonyl (C=O) groups excluding carboxylic acids is 1. The second kappa shape index (κ2) is 5.57. The number of halogens is 2. The van der Waals surface area contributed by atoms with Crippen molar-refractivity contribution in [2.24, 2.45) is 5.92 Å². The summed E-state index contributed by atoms with van der Waals surface area (Å²) in [5.74, 6) is 0.734. The van der Waals surface area contributed by atoms with Gasteiger partial charge in [-0.1, -0.05) is 22.9 Å². The molecule has 5 heteroatoms. The van der Waals surface area contributed by atoms with Crippen LogP contribution >= 0.6 is 31.9 Å². The molecule has 0 aliphatic carbocycles. The topological polar surface area (TPSA) is 33.5 Å². The minimum Gasteiger partial charge on any atom is -0.457 e. The Morgan fingerprint density at radius 1 is 1.53 bits per heavy atom. The van der Waals surface area contributed by atoms with Crippen LogP contribution in [0, 0.1) is 5.92 Å². The first-order valence-electron chi connectivity index (χ1n) is 5.76. The van der Waals surface area contributed by atoms with E-state index >= 15 is 0 Å². The molecule has 2 heterocycles. The van der Waals surface area contributed by atoms with Gasteiger partial charge in [0.25, 0.3) is 5.91 Å². The predicted molar refractivity (Wildman–Crippen MR) is 73.4 cm³/mol. The summed E-state index contributed by atoms with van der Waals surface area (Å²) >= 11 is 6.86. The summed E-state index contributed by atoms with van der Waals surface area (Å²) in [4.78, 5) is 14.6. The van der Waals surface area contributed by atoms with Crippen LogP contribution in [-0.2, 0) is 0 Å². The van der Waals surface area contributed by atoms with Crippen molar-refractivity contribution in [2.45, 2.75) is 24.6 Å². The lowest BCUT2D eigenvalue weighted by Crippen LogP contribution is -2.39. The molecule has 94 valence electrons. The van der Waals surface area contributed by atoms with Gasteiger partial charge in [-0.25, -0.2) is 0 Å². The number of carbonyl (C=O) groups is 1. The summed E-state index contributed by atoms with van der Waals surface area (Å²) in [6, 6.07) is 1.71. The zero-order valence-electron chi connectivity index (χ0n) is 9.66. The molecule has 0 radical (unpaired) electrons. The van der Waals surface area contributed by atoms with Crippen LogP contribution in [0.25, 0.3) is 0 Å². The number of rotatable bonds is 2. The second-order valence-corrected chi connectivity index (χ2v) is 6.58. The number of piperidine rings is 1. The fraction of sp³-hybridized carbons (Fsp3) is 0.583. The van der Waals surface area contributed by atoms with Crippen LogP contribution < -0.4 is 0 Å². The lowest BCUT2D eigenvalue weighted by molar-refractivity contribution is 0.0689. The van der Waals surface area contributed by atoms with Gasteiger partial charge in [-0.2, -0.15) is 0 Å². The smallest absolute Gasteiger partial charge is 0.258 e. The van der Waals surface area contributed by atoms with E-state index in [2.05, 4.69) is 38.8 Å². The van der Waals surface area contributed by atoms with Gasteiger partial charge in [0.1, 0.15) is 0 Å². The van der Waals surface area contributed by atoms with E-state index in [-0.39, 0.29) is 5.91 Å². The molecule has 1 unspecified atom stereocenters. The van der Waals surface area contributed by atoms with Crippen molar-refractivity contribution in [2.75, 3.05) is 13.1 Å². The maximum Gasteiger partial charge on any atom is 0.258 e. The molecule has 1 saturated heterocycles. The van der Waals surface area contributed by atoms with Crippen molar-refractivity contribution >= 4 is 37.8 Å². The van der Waals surface area contributed by atoms with Crippen LogP contribution in [-0.4, -0.2) is 28.7 Å². The summed E-state index contributed by atoms with van der Waals surface area (Å²) < 4.78 is 5.62. The molecule has 2 rings (SSSR count). The third kappa shape index (κ3) is 2.94. The van der Waals surface area contributed by atoms with Crippen LogP contribution in [0.2, 0.25) is 0 Å². The third-order valence-corrected chi connectivity index (χ3v) is 4.69. The highest BCUT2D eigenvalue weighted by Gasteiger charge is 2.27. The summed E-state index contributed by atoms with van der Waals surface area (Å²) in [6.07, 6.45) is 3.66. The first-order valence-corrected chi connectivity index (χ1v) is 7.47. The molecule has 1 aromatic rings. The summed E-state index contributed by atoms with van der Waals surface area (Å²) in [7, 11) is 0. The number of furan rings is 1. The van der Waals surface area contributed by atoms with Gasteiger partial charge in [0, 0.05) is 17.9 Å². The molecule has 1 amide bonds. The Labute approximate surface area is 118 Å². The molecule has 1 aromatic heterocycles. The van der Waals surface area contributed by atoms with Crippen LogP contribution in [0.5, 0.6) is 0 Å². The van der Waals surface area contributed by atoms with E-state index in [1.165, 1.54) is 6.26 Å². The molecule has 1 aliphatic heterocycles. The zero-order valence-corrected chi connectivity index (χ0v) is 12.8. The minimum absolute atomic E-state index is 0.0614. The van der Waals surface area contributed by atoms with Crippen molar-refractivity contribution in [1.82, 2.24) is 4.90 Å². The van der Waals surface area contributed by atoms with Gasteiger partial charge in [-0.05, 0) is 40.8 Å². The van der Waals surface area contributed by atoms with Gasteiger partial charge in [-0.3, -0.25) is 4.79 Å². The van der Waals surface area contributed by atoms with Crippen molar-refractivity contribution < 1.29 is 9.21 Å². The number of hydrogen-bond donors (Lipinski definition) is 0. The highest BCUT2D eigenvalue weighted by Crippen LogP contribution is 2.27. The molecule has 0 spiro atoms. The Hall–Kier alpha value is -0.290. The SMILES string of the molecule is CC(Br)C1CCN(C(=O)c2ccoc2Br)CC1. The molecule has 1 fully saturated rings. The summed E-state index contributed by atoms with van der Waals surface area (Å²) in [6.45, 7) is 3.84. The fourth-order valence-corrected chi connectivity index (χ4v) is 3.12.